The number of benzene rings is 2. The molecule has 3 aromatic rings. The van der Waals surface area contributed by atoms with E-state index in [1.807, 2.05) is 0 Å². The summed E-state index contributed by atoms with van der Waals surface area (Å²) in [5.41, 5.74) is 0.943. The van der Waals surface area contributed by atoms with Gasteiger partial charge in [0.1, 0.15) is 11.6 Å². The summed E-state index contributed by atoms with van der Waals surface area (Å²) in [6.45, 7) is 0. The molecule has 0 N–H and O–H groups in total. The second kappa shape index (κ2) is 3.20. The SMILES string of the molecule is Fc1ccc2c(c1)nnc1cc(F)ccc12. The van der Waals surface area contributed by atoms with E-state index in [2.05, 4.69) is 10.2 Å². The quantitative estimate of drug-likeness (QED) is 0.540. The Bertz CT molecular complexity index is 634. The fourth-order valence-electron chi connectivity index (χ4n) is 1.74. The third kappa shape index (κ3) is 1.31. The van der Waals surface area contributed by atoms with Crippen LogP contribution in [0.3, 0.4) is 0 Å². The first-order valence-corrected chi connectivity index (χ1v) is 4.75. The fraction of sp³-hybridized carbons (Fsp3) is 0. The zero-order valence-electron chi connectivity index (χ0n) is 8.11. The van der Waals surface area contributed by atoms with Gasteiger partial charge in [-0.25, -0.2) is 8.78 Å². The molecule has 78 valence electrons. The molecule has 16 heavy (non-hydrogen) atoms. The molecule has 0 aliphatic rings. The minimum absolute atomic E-state index is 0.358. The molecule has 0 unspecified atom stereocenters. The van der Waals surface area contributed by atoms with Gasteiger partial charge in [0.2, 0.25) is 0 Å². The van der Waals surface area contributed by atoms with E-state index in [1.165, 1.54) is 24.3 Å². The van der Waals surface area contributed by atoms with Gasteiger partial charge in [-0.3, -0.25) is 0 Å². The average molecular weight is 216 g/mol. The third-order valence-electron chi connectivity index (χ3n) is 2.48. The molecule has 0 fully saturated rings. The largest absolute Gasteiger partial charge is 0.207 e. The summed E-state index contributed by atoms with van der Waals surface area (Å²) in [6, 6.07) is 8.58. The highest BCUT2D eigenvalue weighted by atomic mass is 19.1. The van der Waals surface area contributed by atoms with Gasteiger partial charge in [0.15, 0.2) is 0 Å². The lowest BCUT2D eigenvalue weighted by Gasteiger charge is -2.01. The zero-order valence-corrected chi connectivity index (χ0v) is 8.11. The van der Waals surface area contributed by atoms with Crippen LogP contribution in [0.1, 0.15) is 0 Å². The molecular formula is C12H6F2N2. The van der Waals surface area contributed by atoms with Crippen molar-refractivity contribution < 1.29 is 8.78 Å². The lowest BCUT2D eigenvalue weighted by atomic mass is 10.1. The van der Waals surface area contributed by atoms with E-state index in [0.717, 1.165) is 10.8 Å². The molecular weight excluding hydrogens is 210 g/mol. The van der Waals surface area contributed by atoms with E-state index in [-0.39, 0.29) is 11.6 Å². The van der Waals surface area contributed by atoms with Gasteiger partial charge >= 0.3 is 0 Å². The summed E-state index contributed by atoms with van der Waals surface area (Å²) in [6.07, 6.45) is 0. The molecule has 0 amide bonds. The number of rotatable bonds is 0. The monoisotopic (exact) mass is 216 g/mol. The number of halogens is 2. The molecule has 0 radical (unpaired) electrons. The van der Waals surface area contributed by atoms with Crippen molar-refractivity contribution in [2.45, 2.75) is 0 Å². The fourth-order valence-corrected chi connectivity index (χ4v) is 1.74. The van der Waals surface area contributed by atoms with Crippen LogP contribution in [-0.4, -0.2) is 10.2 Å². The Balaban J connectivity index is 2.50. The van der Waals surface area contributed by atoms with Gasteiger partial charge in [-0.1, -0.05) is 0 Å². The molecule has 1 heterocycles. The number of hydrogen-bond acceptors (Lipinski definition) is 2. The zero-order chi connectivity index (χ0) is 11.1. The highest BCUT2D eigenvalue weighted by Gasteiger charge is 2.04. The van der Waals surface area contributed by atoms with Crippen molar-refractivity contribution in [3.05, 3.63) is 48.0 Å². The molecule has 0 aliphatic carbocycles. The predicted molar refractivity (Wildman–Crippen MR) is 57.0 cm³/mol. The highest BCUT2D eigenvalue weighted by Crippen LogP contribution is 2.22. The molecule has 4 heteroatoms. The molecule has 0 atom stereocenters. The van der Waals surface area contributed by atoms with Crippen LogP contribution in [-0.2, 0) is 0 Å². The average Bonchev–Trinajstić information content (AvgIpc) is 2.28. The van der Waals surface area contributed by atoms with Crippen molar-refractivity contribution in [2.24, 2.45) is 0 Å². The maximum Gasteiger partial charge on any atom is 0.125 e. The standard InChI is InChI=1S/C12H6F2N2/c13-7-1-3-9-10-4-2-8(14)6-12(10)16-15-11(9)5-7/h1-6H. The first-order valence-electron chi connectivity index (χ1n) is 4.75. The number of hydrogen-bond donors (Lipinski definition) is 0. The Morgan fingerprint density at radius 3 is 1.56 bits per heavy atom. The maximum absolute atomic E-state index is 13.0. The van der Waals surface area contributed by atoms with Gasteiger partial charge in [-0.05, 0) is 24.3 Å². The van der Waals surface area contributed by atoms with Crippen molar-refractivity contribution in [1.82, 2.24) is 10.2 Å². The number of fused-ring (bicyclic) bond motifs is 3. The van der Waals surface area contributed by atoms with E-state index in [1.54, 1.807) is 12.1 Å². The lowest BCUT2D eigenvalue weighted by molar-refractivity contribution is 0.628. The molecule has 0 spiro atoms. The van der Waals surface area contributed by atoms with Crippen LogP contribution < -0.4 is 0 Å². The normalized spacial score (nSPS) is 11.1. The van der Waals surface area contributed by atoms with E-state index in [0.29, 0.717) is 11.0 Å². The van der Waals surface area contributed by atoms with Gasteiger partial charge < -0.3 is 0 Å². The van der Waals surface area contributed by atoms with Gasteiger partial charge in [0.25, 0.3) is 0 Å². The van der Waals surface area contributed by atoms with Crippen LogP contribution in [0.15, 0.2) is 36.4 Å². The van der Waals surface area contributed by atoms with Crippen molar-refractivity contribution >= 4 is 21.8 Å². The summed E-state index contributed by atoms with van der Waals surface area (Å²) in [4.78, 5) is 0. The van der Waals surface area contributed by atoms with Crippen molar-refractivity contribution in [3.63, 3.8) is 0 Å². The Labute approximate surface area is 89.5 Å². The van der Waals surface area contributed by atoms with Gasteiger partial charge in [-0.15, -0.1) is 10.2 Å². The van der Waals surface area contributed by atoms with E-state index >= 15 is 0 Å². The van der Waals surface area contributed by atoms with Crippen LogP contribution in [0.4, 0.5) is 8.78 Å². The Hall–Kier alpha value is -2.10. The van der Waals surface area contributed by atoms with Crippen LogP contribution >= 0.6 is 0 Å². The smallest absolute Gasteiger partial charge is 0.125 e. The Morgan fingerprint density at radius 1 is 0.688 bits per heavy atom. The summed E-state index contributed by atoms with van der Waals surface area (Å²) in [5, 5.41) is 9.25. The van der Waals surface area contributed by atoms with E-state index in [4.69, 9.17) is 0 Å². The van der Waals surface area contributed by atoms with Crippen molar-refractivity contribution in [2.75, 3.05) is 0 Å². The summed E-state index contributed by atoms with van der Waals surface area (Å²) in [5.74, 6) is -0.716. The topological polar surface area (TPSA) is 25.8 Å². The molecule has 2 nitrogen and oxygen atoms in total. The van der Waals surface area contributed by atoms with Crippen molar-refractivity contribution in [1.29, 1.82) is 0 Å². The number of aromatic nitrogens is 2. The van der Waals surface area contributed by atoms with Gasteiger partial charge in [0.05, 0.1) is 11.0 Å². The van der Waals surface area contributed by atoms with E-state index < -0.39 is 0 Å². The summed E-state index contributed by atoms with van der Waals surface area (Å²) in [7, 11) is 0. The first kappa shape index (κ1) is 9.15. The minimum atomic E-state index is -0.358. The lowest BCUT2D eigenvalue weighted by Crippen LogP contribution is -1.89. The second-order valence-electron chi connectivity index (χ2n) is 3.52. The minimum Gasteiger partial charge on any atom is -0.207 e. The highest BCUT2D eigenvalue weighted by molar-refractivity contribution is 6.03. The molecule has 2 aromatic carbocycles. The van der Waals surface area contributed by atoms with Gasteiger partial charge in [-0.2, -0.15) is 0 Å². The van der Waals surface area contributed by atoms with Crippen molar-refractivity contribution in [3.8, 4) is 0 Å². The van der Waals surface area contributed by atoms with Gasteiger partial charge in [0, 0.05) is 22.9 Å². The summed E-state index contributed by atoms with van der Waals surface area (Å²) < 4.78 is 25.9. The molecule has 3 rings (SSSR count). The van der Waals surface area contributed by atoms with Crippen LogP contribution in [0.2, 0.25) is 0 Å². The Kier molecular flexibility index (Phi) is 1.83. The van der Waals surface area contributed by atoms with Crippen LogP contribution in [0, 0.1) is 11.6 Å². The molecule has 0 aliphatic heterocycles. The first-order chi connectivity index (χ1) is 7.74. The molecule has 1 aromatic heterocycles. The van der Waals surface area contributed by atoms with E-state index in [9.17, 15) is 8.78 Å². The van der Waals surface area contributed by atoms with Crippen LogP contribution in [0.25, 0.3) is 21.8 Å². The summed E-state index contributed by atoms with van der Waals surface area (Å²) >= 11 is 0. The molecule has 0 saturated heterocycles. The molecule has 0 bridgehead atoms. The third-order valence-corrected chi connectivity index (χ3v) is 2.48. The molecule has 0 saturated carbocycles. The Morgan fingerprint density at radius 2 is 1.12 bits per heavy atom. The maximum atomic E-state index is 13.0. The predicted octanol–water partition coefficient (Wildman–Crippen LogP) is 3.06. The second-order valence-corrected chi connectivity index (χ2v) is 3.52. The van der Waals surface area contributed by atoms with Crippen LogP contribution in [0.5, 0.6) is 0 Å². The number of nitrogens with zero attached hydrogens (tertiary/aromatic N) is 2.